The zero-order valence-corrected chi connectivity index (χ0v) is 14.9. The molecule has 0 aliphatic heterocycles. The summed E-state index contributed by atoms with van der Waals surface area (Å²) in [5.74, 6) is 0.871. The lowest BCUT2D eigenvalue weighted by molar-refractivity contribution is -0.116. The molecule has 0 heterocycles. The first-order chi connectivity index (χ1) is 9.82. The van der Waals surface area contributed by atoms with Gasteiger partial charge in [0, 0.05) is 13.6 Å². The molecule has 1 aliphatic carbocycles. The molecule has 2 atom stereocenters. The summed E-state index contributed by atoms with van der Waals surface area (Å²) in [5, 5.41) is -0.378. The first-order valence-corrected chi connectivity index (χ1v) is 11.4. The molecular formula is C17H23ClO2Si. The molecule has 2 unspecified atom stereocenters. The summed E-state index contributed by atoms with van der Waals surface area (Å²) in [7, 11) is 0.331. The molecule has 4 heteroatoms. The van der Waals surface area contributed by atoms with Crippen LogP contribution in [0.3, 0.4) is 0 Å². The zero-order chi connectivity index (χ0) is 15.6. The van der Waals surface area contributed by atoms with Gasteiger partial charge in [0.15, 0.2) is 5.78 Å². The number of alkyl halides is 1. The molecule has 1 aromatic carbocycles. The molecular weight excluding hydrogens is 300 g/mol. The summed E-state index contributed by atoms with van der Waals surface area (Å²) in [5.41, 5.74) is 2.35. The van der Waals surface area contributed by atoms with Crippen molar-refractivity contribution in [3.63, 3.8) is 0 Å². The van der Waals surface area contributed by atoms with E-state index in [0.29, 0.717) is 5.54 Å². The monoisotopic (exact) mass is 322 g/mol. The minimum Gasteiger partial charge on any atom is -0.496 e. The van der Waals surface area contributed by atoms with Gasteiger partial charge in [0.05, 0.1) is 12.5 Å². The molecule has 0 spiro atoms. The number of carbonyl (C=O) groups excluding carboxylic acids is 1. The Bertz CT molecular complexity index is 560. The molecule has 0 N–H and O–H groups in total. The van der Waals surface area contributed by atoms with Crippen molar-refractivity contribution in [2.45, 2.75) is 43.4 Å². The minimum absolute atomic E-state index is 0.0806. The molecule has 1 fully saturated rings. The Hall–Kier alpha value is -1.06. The van der Waals surface area contributed by atoms with Crippen LogP contribution in [-0.2, 0) is 4.79 Å². The average Bonchev–Trinajstić information content (AvgIpc) is 2.43. The largest absolute Gasteiger partial charge is 0.496 e. The maximum atomic E-state index is 12.4. The topological polar surface area (TPSA) is 26.3 Å². The number of halogens is 1. The standard InChI is InChI=1S/C17H23ClO2Si/c1-20-16-8-6-5-7-12(16)9-13-10-14(21(2,3)4)11-15(18)17(13)19/h5-9,14-15H,10-11H2,1-4H3. The number of ether oxygens (including phenoxy) is 1. The second-order valence-corrected chi connectivity index (χ2v) is 12.8. The Kier molecular flexibility index (Phi) is 4.94. The van der Waals surface area contributed by atoms with E-state index in [4.69, 9.17) is 16.3 Å². The molecule has 0 radical (unpaired) electrons. The molecule has 2 rings (SSSR count). The van der Waals surface area contributed by atoms with Crippen molar-refractivity contribution in [3.8, 4) is 5.75 Å². The van der Waals surface area contributed by atoms with Gasteiger partial charge in [-0.1, -0.05) is 37.8 Å². The van der Waals surface area contributed by atoms with Crippen LogP contribution in [0, 0.1) is 0 Å². The van der Waals surface area contributed by atoms with Crippen molar-refractivity contribution >= 4 is 31.5 Å². The third-order valence-electron chi connectivity index (χ3n) is 4.25. The van der Waals surface area contributed by atoms with Gasteiger partial charge in [0.25, 0.3) is 0 Å². The Balaban J connectivity index is 2.36. The second-order valence-electron chi connectivity index (χ2n) is 6.75. The Morgan fingerprint density at radius 1 is 1.29 bits per heavy atom. The highest BCUT2D eigenvalue weighted by Gasteiger charge is 2.37. The lowest BCUT2D eigenvalue weighted by atomic mass is 9.91. The van der Waals surface area contributed by atoms with Crippen molar-refractivity contribution in [3.05, 3.63) is 35.4 Å². The predicted molar refractivity (Wildman–Crippen MR) is 91.9 cm³/mol. The van der Waals surface area contributed by atoms with Gasteiger partial charge in [-0.25, -0.2) is 0 Å². The number of ketones is 1. The van der Waals surface area contributed by atoms with E-state index in [1.807, 2.05) is 30.3 Å². The number of allylic oxidation sites excluding steroid dienone is 1. The summed E-state index contributed by atoms with van der Waals surface area (Å²) >= 11 is 6.30. The average molecular weight is 323 g/mol. The summed E-state index contributed by atoms with van der Waals surface area (Å²) < 4.78 is 5.36. The van der Waals surface area contributed by atoms with E-state index in [9.17, 15) is 4.79 Å². The van der Waals surface area contributed by atoms with Crippen molar-refractivity contribution in [2.24, 2.45) is 0 Å². The van der Waals surface area contributed by atoms with E-state index in [-0.39, 0.29) is 11.2 Å². The van der Waals surface area contributed by atoms with E-state index in [1.54, 1.807) is 7.11 Å². The van der Waals surface area contributed by atoms with E-state index in [0.717, 1.165) is 29.7 Å². The van der Waals surface area contributed by atoms with Crippen LogP contribution in [0.15, 0.2) is 29.8 Å². The van der Waals surface area contributed by atoms with Gasteiger partial charge >= 0.3 is 0 Å². The van der Waals surface area contributed by atoms with Crippen LogP contribution in [0.4, 0.5) is 0 Å². The van der Waals surface area contributed by atoms with Crippen LogP contribution in [0.25, 0.3) is 6.08 Å². The molecule has 1 aromatic rings. The first kappa shape index (κ1) is 16.3. The summed E-state index contributed by atoms with van der Waals surface area (Å²) in [6.07, 6.45) is 3.62. The fourth-order valence-corrected chi connectivity index (χ4v) is 5.05. The van der Waals surface area contributed by atoms with Crippen LogP contribution in [0.1, 0.15) is 18.4 Å². The van der Waals surface area contributed by atoms with Crippen LogP contribution in [-0.4, -0.2) is 26.3 Å². The van der Waals surface area contributed by atoms with Gasteiger partial charge < -0.3 is 4.74 Å². The van der Waals surface area contributed by atoms with Crippen molar-refractivity contribution in [1.29, 1.82) is 0 Å². The lowest BCUT2D eigenvalue weighted by Gasteiger charge is -2.35. The van der Waals surface area contributed by atoms with Crippen LogP contribution in [0.2, 0.25) is 25.2 Å². The fraction of sp³-hybridized carbons (Fsp3) is 0.471. The Morgan fingerprint density at radius 2 is 1.95 bits per heavy atom. The number of benzene rings is 1. The highest BCUT2D eigenvalue weighted by Crippen LogP contribution is 2.41. The molecule has 1 saturated carbocycles. The van der Waals surface area contributed by atoms with E-state index >= 15 is 0 Å². The number of hydrogen-bond acceptors (Lipinski definition) is 2. The van der Waals surface area contributed by atoms with Gasteiger partial charge in [0.1, 0.15) is 5.75 Å². The van der Waals surface area contributed by atoms with Crippen molar-refractivity contribution < 1.29 is 9.53 Å². The smallest absolute Gasteiger partial charge is 0.176 e. The zero-order valence-electron chi connectivity index (χ0n) is 13.2. The van der Waals surface area contributed by atoms with Crippen LogP contribution in [0.5, 0.6) is 5.75 Å². The molecule has 0 saturated heterocycles. The minimum atomic E-state index is -1.32. The van der Waals surface area contributed by atoms with Crippen molar-refractivity contribution in [1.82, 2.24) is 0 Å². The summed E-state index contributed by atoms with van der Waals surface area (Å²) in [6, 6.07) is 7.77. The van der Waals surface area contributed by atoms with E-state index < -0.39 is 8.07 Å². The van der Waals surface area contributed by atoms with E-state index in [2.05, 4.69) is 19.6 Å². The van der Waals surface area contributed by atoms with Crippen LogP contribution < -0.4 is 4.74 Å². The number of carbonyl (C=O) groups is 1. The Morgan fingerprint density at radius 3 is 2.57 bits per heavy atom. The SMILES string of the molecule is COc1ccccc1C=C1CC([Si](C)(C)C)CC(Cl)C1=O. The fourth-order valence-electron chi connectivity index (χ4n) is 2.77. The van der Waals surface area contributed by atoms with Gasteiger partial charge in [-0.3, -0.25) is 4.79 Å². The Labute approximate surface area is 133 Å². The number of rotatable bonds is 3. The maximum absolute atomic E-state index is 12.4. The third-order valence-corrected chi connectivity index (χ3v) is 7.52. The van der Waals surface area contributed by atoms with Gasteiger partial charge in [-0.2, -0.15) is 0 Å². The maximum Gasteiger partial charge on any atom is 0.176 e. The molecule has 2 nitrogen and oxygen atoms in total. The molecule has 0 aromatic heterocycles. The van der Waals surface area contributed by atoms with Gasteiger partial charge in [0.2, 0.25) is 0 Å². The van der Waals surface area contributed by atoms with Gasteiger partial charge in [-0.15, -0.1) is 11.6 Å². The first-order valence-electron chi connectivity index (χ1n) is 7.35. The highest BCUT2D eigenvalue weighted by atomic mass is 35.5. The molecule has 0 bridgehead atoms. The third kappa shape index (κ3) is 3.77. The second kappa shape index (κ2) is 6.37. The van der Waals surface area contributed by atoms with E-state index in [1.165, 1.54) is 0 Å². The van der Waals surface area contributed by atoms with Gasteiger partial charge in [-0.05, 0) is 36.1 Å². The number of hydrogen-bond donors (Lipinski definition) is 0. The highest BCUT2D eigenvalue weighted by molar-refractivity contribution is 6.77. The number of methoxy groups -OCH3 is 1. The molecule has 1 aliphatic rings. The summed E-state index contributed by atoms with van der Waals surface area (Å²) in [6.45, 7) is 7.04. The van der Waals surface area contributed by atoms with Crippen molar-refractivity contribution in [2.75, 3.05) is 7.11 Å². The van der Waals surface area contributed by atoms with Crippen LogP contribution >= 0.6 is 11.6 Å². The molecule has 21 heavy (non-hydrogen) atoms. The number of para-hydroxylation sites is 1. The lowest BCUT2D eigenvalue weighted by Crippen LogP contribution is -2.37. The number of Topliss-reactive ketones (excluding diaryl/α,β-unsaturated/α-hetero) is 1. The predicted octanol–water partition coefficient (Wildman–Crippen LogP) is 4.76. The summed E-state index contributed by atoms with van der Waals surface area (Å²) in [4.78, 5) is 12.4. The molecule has 114 valence electrons. The normalized spacial score (nSPS) is 25.2. The quantitative estimate of drug-likeness (QED) is 0.455. The molecule has 0 amide bonds.